The highest BCUT2D eigenvalue weighted by Crippen LogP contribution is 2.47. The van der Waals surface area contributed by atoms with Gasteiger partial charge in [0.2, 0.25) is 0 Å². The highest BCUT2D eigenvalue weighted by atomic mass is 32.2. The first-order valence-corrected chi connectivity index (χ1v) is 8.38. The number of anilines is 1. The minimum Gasteiger partial charge on any atom is -0.455 e. The van der Waals surface area contributed by atoms with Crippen molar-refractivity contribution in [3.05, 3.63) is 77.6 Å². The standard InChI is InChI=1S/C19H12F3NOS/c20-13-7-5-11(18(21)19(13)22)10-23-12-6-8-17-15(9-12)24-14-3-1-2-4-16(14)25-17/h1-9,23H,10H2. The van der Waals surface area contributed by atoms with Crippen LogP contribution < -0.4 is 10.1 Å². The van der Waals surface area contributed by atoms with E-state index >= 15 is 0 Å². The molecule has 0 aliphatic carbocycles. The van der Waals surface area contributed by atoms with Crippen molar-refractivity contribution in [2.75, 3.05) is 5.32 Å². The minimum absolute atomic E-state index is 0.0333. The van der Waals surface area contributed by atoms with Crippen LogP contribution in [0.4, 0.5) is 18.9 Å². The summed E-state index contributed by atoms with van der Waals surface area (Å²) in [4.78, 5) is 2.02. The average molecular weight is 359 g/mol. The predicted molar refractivity (Wildman–Crippen MR) is 90.7 cm³/mol. The smallest absolute Gasteiger partial charge is 0.194 e. The van der Waals surface area contributed by atoms with Crippen LogP contribution in [0.15, 0.2) is 64.4 Å². The predicted octanol–water partition coefficient (Wildman–Crippen LogP) is 5.97. The van der Waals surface area contributed by atoms with Crippen LogP contribution in [0, 0.1) is 17.5 Å². The number of fused-ring (bicyclic) bond motifs is 2. The van der Waals surface area contributed by atoms with Gasteiger partial charge in [0.05, 0.1) is 9.79 Å². The Morgan fingerprint density at radius 2 is 1.64 bits per heavy atom. The number of nitrogens with one attached hydrogen (secondary N) is 1. The molecule has 1 aliphatic rings. The minimum atomic E-state index is -1.46. The third-order valence-electron chi connectivity index (χ3n) is 3.83. The van der Waals surface area contributed by atoms with Gasteiger partial charge in [-0.3, -0.25) is 0 Å². The lowest BCUT2D eigenvalue weighted by molar-refractivity contribution is 0.442. The normalized spacial score (nSPS) is 12.1. The van der Waals surface area contributed by atoms with E-state index in [1.54, 1.807) is 17.8 Å². The quantitative estimate of drug-likeness (QED) is 0.455. The molecule has 0 radical (unpaired) electrons. The molecule has 126 valence electrons. The fourth-order valence-corrected chi connectivity index (χ4v) is 3.47. The molecule has 0 bridgehead atoms. The van der Waals surface area contributed by atoms with Gasteiger partial charge in [0.25, 0.3) is 0 Å². The zero-order valence-electron chi connectivity index (χ0n) is 12.9. The maximum Gasteiger partial charge on any atom is 0.194 e. The van der Waals surface area contributed by atoms with Crippen molar-refractivity contribution >= 4 is 17.4 Å². The largest absolute Gasteiger partial charge is 0.455 e. The Morgan fingerprint density at radius 3 is 2.52 bits per heavy atom. The number of halogens is 3. The van der Waals surface area contributed by atoms with Crippen molar-refractivity contribution in [2.24, 2.45) is 0 Å². The van der Waals surface area contributed by atoms with Crippen LogP contribution in [0.25, 0.3) is 0 Å². The van der Waals surface area contributed by atoms with Crippen molar-refractivity contribution in [3.8, 4) is 11.5 Å². The topological polar surface area (TPSA) is 21.3 Å². The summed E-state index contributed by atoms with van der Waals surface area (Å²) in [6.45, 7) is 0.0333. The molecule has 0 spiro atoms. The van der Waals surface area contributed by atoms with Crippen LogP contribution >= 0.6 is 11.8 Å². The number of rotatable bonds is 3. The summed E-state index contributed by atoms with van der Waals surface area (Å²) in [7, 11) is 0. The van der Waals surface area contributed by atoms with Gasteiger partial charge in [0.1, 0.15) is 11.5 Å². The summed E-state index contributed by atoms with van der Waals surface area (Å²) in [5.74, 6) is -2.35. The lowest BCUT2D eigenvalue weighted by Gasteiger charge is -2.20. The number of benzene rings is 3. The first-order valence-electron chi connectivity index (χ1n) is 7.57. The van der Waals surface area contributed by atoms with Gasteiger partial charge >= 0.3 is 0 Å². The molecule has 0 atom stereocenters. The van der Waals surface area contributed by atoms with E-state index in [4.69, 9.17) is 4.74 Å². The van der Waals surface area contributed by atoms with Crippen molar-refractivity contribution < 1.29 is 17.9 Å². The molecule has 3 aromatic carbocycles. The molecule has 0 aromatic heterocycles. The van der Waals surface area contributed by atoms with Crippen LogP contribution in [-0.2, 0) is 6.54 Å². The van der Waals surface area contributed by atoms with Gasteiger partial charge in [-0.1, -0.05) is 30.0 Å². The van der Waals surface area contributed by atoms with Crippen molar-refractivity contribution in [2.45, 2.75) is 16.3 Å². The van der Waals surface area contributed by atoms with Gasteiger partial charge in [-0.15, -0.1) is 0 Å². The van der Waals surface area contributed by atoms with E-state index in [1.165, 1.54) is 6.07 Å². The molecular weight excluding hydrogens is 347 g/mol. The molecule has 0 amide bonds. The van der Waals surface area contributed by atoms with Crippen LogP contribution in [0.5, 0.6) is 11.5 Å². The van der Waals surface area contributed by atoms with E-state index in [2.05, 4.69) is 5.32 Å². The van der Waals surface area contributed by atoms with Gasteiger partial charge in [-0.05, 0) is 30.3 Å². The molecule has 0 fully saturated rings. The molecule has 1 aliphatic heterocycles. The Morgan fingerprint density at radius 1 is 0.840 bits per heavy atom. The SMILES string of the molecule is Fc1ccc(CNc2ccc3c(c2)Oc2ccccc2S3)c(F)c1F. The maximum atomic E-state index is 13.7. The summed E-state index contributed by atoms with van der Waals surface area (Å²) < 4.78 is 45.9. The lowest BCUT2D eigenvalue weighted by atomic mass is 10.2. The Hall–Kier alpha value is -2.60. The second-order valence-corrected chi connectivity index (χ2v) is 6.58. The number of para-hydroxylation sites is 1. The third-order valence-corrected chi connectivity index (χ3v) is 4.95. The summed E-state index contributed by atoms with van der Waals surface area (Å²) in [6.07, 6.45) is 0. The average Bonchev–Trinajstić information content (AvgIpc) is 2.63. The monoisotopic (exact) mass is 359 g/mol. The molecule has 25 heavy (non-hydrogen) atoms. The summed E-state index contributed by atoms with van der Waals surface area (Å²) >= 11 is 1.61. The Labute approximate surface area is 146 Å². The second kappa shape index (κ2) is 6.37. The van der Waals surface area contributed by atoms with Crippen LogP contribution in [0.3, 0.4) is 0 Å². The molecule has 3 aromatic rings. The fourth-order valence-electron chi connectivity index (χ4n) is 2.54. The van der Waals surface area contributed by atoms with Crippen LogP contribution in [0.2, 0.25) is 0 Å². The summed E-state index contributed by atoms with van der Waals surface area (Å²) in [5.41, 5.74) is 0.750. The Bertz CT molecular complexity index is 961. The van der Waals surface area contributed by atoms with Crippen molar-refractivity contribution in [1.82, 2.24) is 0 Å². The molecule has 6 heteroatoms. The summed E-state index contributed by atoms with van der Waals surface area (Å²) in [6, 6.07) is 15.4. The summed E-state index contributed by atoms with van der Waals surface area (Å²) in [5, 5.41) is 3.00. The van der Waals surface area contributed by atoms with E-state index in [9.17, 15) is 13.2 Å². The second-order valence-electron chi connectivity index (χ2n) is 5.50. The molecule has 4 rings (SSSR count). The van der Waals surface area contributed by atoms with E-state index in [0.717, 1.165) is 21.6 Å². The Kier molecular flexibility index (Phi) is 4.05. The van der Waals surface area contributed by atoms with E-state index in [-0.39, 0.29) is 12.1 Å². The van der Waals surface area contributed by atoms with Crippen molar-refractivity contribution in [3.63, 3.8) is 0 Å². The molecule has 0 saturated heterocycles. The van der Waals surface area contributed by atoms with Gasteiger partial charge in [-0.25, -0.2) is 13.2 Å². The van der Waals surface area contributed by atoms with Crippen molar-refractivity contribution in [1.29, 1.82) is 0 Å². The van der Waals surface area contributed by atoms with Gasteiger partial charge in [-0.2, -0.15) is 0 Å². The van der Waals surface area contributed by atoms with E-state index < -0.39 is 17.5 Å². The maximum absolute atomic E-state index is 13.7. The van der Waals surface area contributed by atoms with E-state index in [0.29, 0.717) is 11.4 Å². The first-order chi connectivity index (χ1) is 12.1. The molecule has 1 N–H and O–H groups in total. The van der Waals surface area contributed by atoms with Crippen LogP contribution in [0.1, 0.15) is 5.56 Å². The lowest BCUT2D eigenvalue weighted by Crippen LogP contribution is -2.05. The zero-order chi connectivity index (χ0) is 17.4. The number of hydrogen-bond acceptors (Lipinski definition) is 3. The number of ether oxygens (including phenoxy) is 1. The highest BCUT2D eigenvalue weighted by molar-refractivity contribution is 7.99. The zero-order valence-corrected chi connectivity index (χ0v) is 13.7. The first kappa shape index (κ1) is 15.9. The molecule has 2 nitrogen and oxygen atoms in total. The molecule has 0 saturated carbocycles. The fraction of sp³-hybridized carbons (Fsp3) is 0.0526. The van der Waals surface area contributed by atoms with Gasteiger partial charge < -0.3 is 10.1 Å². The Balaban J connectivity index is 1.53. The molecule has 1 heterocycles. The van der Waals surface area contributed by atoms with Crippen LogP contribution in [-0.4, -0.2) is 0 Å². The molecule has 0 unspecified atom stereocenters. The number of hydrogen-bond donors (Lipinski definition) is 1. The van der Waals surface area contributed by atoms with E-state index in [1.807, 2.05) is 36.4 Å². The third kappa shape index (κ3) is 3.05. The van der Waals surface area contributed by atoms with Gasteiger partial charge in [0.15, 0.2) is 17.5 Å². The highest BCUT2D eigenvalue weighted by Gasteiger charge is 2.18. The molecular formula is C19H12F3NOS. The van der Waals surface area contributed by atoms with Gasteiger partial charge in [0, 0.05) is 23.9 Å².